The fraction of sp³-hybridized carbons (Fsp3) is 0.538. The number of aryl methyl sites for hydroxylation is 1. The molecule has 2 aliphatic rings. The van der Waals surface area contributed by atoms with Crippen molar-refractivity contribution in [3.05, 3.63) is 39.6 Å². The molecule has 1 saturated carbocycles. The molecule has 1 spiro atoms. The topological polar surface area (TPSA) is 91.1 Å². The number of amides is 1. The Morgan fingerprint density at radius 2 is 1.94 bits per heavy atom. The number of carbonyl (C=O) groups is 1. The molecule has 1 N–H and O–H groups in total. The van der Waals surface area contributed by atoms with Gasteiger partial charge in [0.15, 0.2) is 11.5 Å². The summed E-state index contributed by atoms with van der Waals surface area (Å²) < 4.78 is 5.50. The van der Waals surface area contributed by atoms with E-state index in [2.05, 4.69) is 21.3 Å². The molecule has 1 amide bonds. The Bertz CT molecular complexity index is 1160. The van der Waals surface area contributed by atoms with E-state index >= 15 is 0 Å². The molecule has 0 radical (unpaired) electrons. The van der Waals surface area contributed by atoms with Gasteiger partial charge in [0.05, 0.1) is 21.4 Å². The lowest BCUT2D eigenvalue weighted by Crippen LogP contribution is -2.51. The minimum atomic E-state index is -0.523. The second-order valence-electron chi connectivity index (χ2n) is 10.5. The molecular weight excluding hydrogens is 485 g/mol. The molecule has 1 atom stereocenters. The standard InChI is InChI=1S/C26H31Cl2N5O2/c1-16-22(17-7-5-8-18(27)21(17)28)31-19(15-29)23(30-16)33-13-11-26(12-14-33)10-6-9-20(26)32-24(34)35-25(2,3)4/h5,7-8,20H,6,9-14H2,1-4H3,(H,32,34)/t20-/m1/s1. The molecule has 9 heteroatoms. The van der Waals surface area contributed by atoms with Crippen LogP contribution in [0, 0.1) is 23.7 Å². The molecule has 186 valence electrons. The highest BCUT2D eigenvalue weighted by Crippen LogP contribution is 2.47. The summed E-state index contributed by atoms with van der Waals surface area (Å²) in [5, 5.41) is 13.8. The van der Waals surface area contributed by atoms with E-state index in [4.69, 9.17) is 32.9 Å². The van der Waals surface area contributed by atoms with E-state index in [0.29, 0.717) is 32.8 Å². The van der Waals surface area contributed by atoms with Gasteiger partial charge >= 0.3 is 6.09 Å². The highest BCUT2D eigenvalue weighted by Gasteiger charge is 2.46. The number of nitriles is 1. The van der Waals surface area contributed by atoms with E-state index < -0.39 is 5.60 Å². The molecule has 2 aromatic rings. The van der Waals surface area contributed by atoms with Crippen LogP contribution in [-0.2, 0) is 4.74 Å². The number of carbonyl (C=O) groups excluding carboxylic acids is 1. The van der Waals surface area contributed by atoms with Gasteiger partial charge in [-0.2, -0.15) is 5.26 Å². The Hall–Kier alpha value is -2.56. The van der Waals surface area contributed by atoms with Crippen molar-refractivity contribution in [2.45, 2.75) is 71.4 Å². The van der Waals surface area contributed by atoms with Crippen molar-refractivity contribution in [3.8, 4) is 17.3 Å². The zero-order valence-electron chi connectivity index (χ0n) is 20.6. The maximum Gasteiger partial charge on any atom is 0.407 e. The van der Waals surface area contributed by atoms with Gasteiger partial charge in [-0.15, -0.1) is 0 Å². The van der Waals surface area contributed by atoms with Gasteiger partial charge in [0.25, 0.3) is 0 Å². The highest BCUT2D eigenvalue weighted by atomic mass is 35.5. The molecule has 1 aromatic heterocycles. The number of hydrogen-bond donors (Lipinski definition) is 1. The lowest BCUT2D eigenvalue weighted by Gasteiger charge is -2.43. The summed E-state index contributed by atoms with van der Waals surface area (Å²) in [5.41, 5.74) is 1.69. The SMILES string of the molecule is Cc1nc(N2CCC3(CCC[C@H]3NC(=O)OC(C)(C)C)CC2)c(C#N)nc1-c1cccc(Cl)c1Cl. The van der Waals surface area contributed by atoms with Crippen molar-refractivity contribution < 1.29 is 9.53 Å². The predicted molar refractivity (Wildman–Crippen MR) is 138 cm³/mol. The lowest BCUT2D eigenvalue weighted by molar-refractivity contribution is 0.0442. The summed E-state index contributed by atoms with van der Waals surface area (Å²) in [6.45, 7) is 8.97. The van der Waals surface area contributed by atoms with Gasteiger partial charge in [-0.1, -0.05) is 41.8 Å². The van der Waals surface area contributed by atoms with Crippen molar-refractivity contribution in [1.82, 2.24) is 15.3 Å². The van der Waals surface area contributed by atoms with Crippen molar-refractivity contribution in [2.24, 2.45) is 5.41 Å². The zero-order chi connectivity index (χ0) is 25.4. The van der Waals surface area contributed by atoms with Gasteiger partial charge < -0.3 is 15.0 Å². The van der Waals surface area contributed by atoms with Crippen LogP contribution in [0.2, 0.25) is 10.0 Å². The summed E-state index contributed by atoms with van der Waals surface area (Å²) in [6, 6.07) is 7.66. The first-order valence-corrected chi connectivity index (χ1v) is 12.8. The lowest BCUT2D eigenvalue weighted by atomic mass is 9.74. The van der Waals surface area contributed by atoms with Crippen LogP contribution in [0.4, 0.5) is 10.6 Å². The maximum atomic E-state index is 12.4. The van der Waals surface area contributed by atoms with Crippen molar-refractivity contribution in [3.63, 3.8) is 0 Å². The number of aromatic nitrogens is 2. The first-order valence-electron chi connectivity index (χ1n) is 12.0. The number of nitrogens with zero attached hydrogens (tertiary/aromatic N) is 4. The molecule has 1 aliphatic heterocycles. The Morgan fingerprint density at radius 1 is 1.23 bits per heavy atom. The summed E-state index contributed by atoms with van der Waals surface area (Å²) in [7, 11) is 0. The predicted octanol–water partition coefficient (Wildman–Crippen LogP) is 6.29. The Morgan fingerprint density at radius 3 is 2.60 bits per heavy atom. The molecule has 0 bridgehead atoms. The molecule has 2 fully saturated rings. The van der Waals surface area contributed by atoms with Crippen molar-refractivity contribution in [1.29, 1.82) is 5.26 Å². The first kappa shape index (κ1) is 25.5. The van der Waals surface area contributed by atoms with Crippen LogP contribution >= 0.6 is 23.2 Å². The van der Waals surface area contributed by atoms with E-state index in [1.54, 1.807) is 12.1 Å². The molecule has 35 heavy (non-hydrogen) atoms. The zero-order valence-corrected chi connectivity index (χ0v) is 22.1. The van der Waals surface area contributed by atoms with Crippen LogP contribution in [0.3, 0.4) is 0 Å². The minimum Gasteiger partial charge on any atom is -0.444 e. The van der Waals surface area contributed by atoms with Gasteiger partial charge in [0.1, 0.15) is 11.7 Å². The fourth-order valence-corrected chi connectivity index (χ4v) is 5.71. The summed E-state index contributed by atoms with van der Waals surface area (Å²) in [4.78, 5) is 24.0. The van der Waals surface area contributed by atoms with Crippen molar-refractivity contribution in [2.75, 3.05) is 18.0 Å². The second-order valence-corrected chi connectivity index (χ2v) is 11.3. The quantitative estimate of drug-likeness (QED) is 0.515. The Labute approximate surface area is 216 Å². The van der Waals surface area contributed by atoms with Crippen LogP contribution in [0.5, 0.6) is 0 Å². The Balaban J connectivity index is 1.52. The van der Waals surface area contributed by atoms with E-state index in [1.165, 1.54) is 0 Å². The number of anilines is 1. The number of benzene rings is 1. The van der Waals surface area contributed by atoms with Crippen LogP contribution in [-0.4, -0.2) is 40.8 Å². The number of rotatable bonds is 3. The Kier molecular flexibility index (Phi) is 7.17. The van der Waals surface area contributed by atoms with Gasteiger partial charge in [-0.3, -0.25) is 0 Å². The number of ether oxygens (including phenoxy) is 1. The number of nitrogens with one attached hydrogen (secondary N) is 1. The van der Waals surface area contributed by atoms with E-state index in [9.17, 15) is 10.1 Å². The van der Waals surface area contributed by atoms with Gasteiger partial charge in [-0.25, -0.2) is 14.8 Å². The minimum absolute atomic E-state index is 0.0386. The molecule has 4 rings (SSSR count). The largest absolute Gasteiger partial charge is 0.444 e. The van der Waals surface area contributed by atoms with Crippen LogP contribution in [0.25, 0.3) is 11.3 Å². The van der Waals surface area contributed by atoms with Crippen molar-refractivity contribution >= 4 is 35.1 Å². The number of piperidine rings is 1. The summed E-state index contributed by atoms with van der Waals surface area (Å²) in [6.07, 6.45) is 4.56. The third-order valence-electron chi connectivity index (χ3n) is 7.02. The summed E-state index contributed by atoms with van der Waals surface area (Å²) >= 11 is 12.6. The molecular formula is C26H31Cl2N5O2. The van der Waals surface area contributed by atoms with Crippen LogP contribution in [0.15, 0.2) is 18.2 Å². The van der Waals surface area contributed by atoms with E-state index in [1.807, 2.05) is 33.8 Å². The average molecular weight is 516 g/mol. The average Bonchev–Trinajstić information content (AvgIpc) is 3.16. The number of alkyl carbamates (subject to hydrolysis) is 1. The van der Waals surface area contributed by atoms with E-state index in [0.717, 1.165) is 45.2 Å². The third kappa shape index (κ3) is 5.34. The number of halogens is 2. The third-order valence-corrected chi connectivity index (χ3v) is 7.84. The monoisotopic (exact) mass is 515 g/mol. The smallest absolute Gasteiger partial charge is 0.407 e. The normalized spacial score (nSPS) is 19.5. The summed E-state index contributed by atoms with van der Waals surface area (Å²) in [5.74, 6) is 0.594. The number of hydrogen-bond acceptors (Lipinski definition) is 6. The second kappa shape index (κ2) is 9.83. The molecule has 7 nitrogen and oxygen atoms in total. The first-order chi connectivity index (χ1) is 16.5. The molecule has 0 unspecified atom stereocenters. The molecule has 1 saturated heterocycles. The van der Waals surface area contributed by atoms with Crippen LogP contribution in [0.1, 0.15) is 64.3 Å². The van der Waals surface area contributed by atoms with Crippen LogP contribution < -0.4 is 10.2 Å². The van der Waals surface area contributed by atoms with E-state index in [-0.39, 0.29) is 23.2 Å². The maximum absolute atomic E-state index is 12.4. The van der Waals surface area contributed by atoms with Gasteiger partial charge in [0.2, 0.25) is 0 Å². The molecule has 1 aromatic carbocycles. The highest BCUT2D eigenvalue weighted by molar-refractivity contribution is 6.43. The molecule has 2 heterocycles. The van der Waals surface area contributed by atoms with Gasteiger partial charge in [-0.05, 0) is 64.9 Å². The van der Waals surface area contributed by atoms with Gasteiger partial charge in [0, 0.05) is 24.7 Å². The fourth-order valence-electron chi connectivity index (χ4n) is 5.32. The molecule has 1 aliphatic carbocycles.